The summed E-state index contributed by atoms with van der Waals surface area (Å²) < 4.78 is 6.13. The predicted molar refractivity (Wildman–Crippen MR) is 130 cm³/mol. The number of hydrogen-bond donors (Lipinski definition) is 1. The molecule has 0 unspecified atom stereocenters. The van der Waals surface area contributed by atoms with Crippen LogP contribution in [-0.2, 0) is 26.3 Å². The second kappa shape index (κ2) is 11.1. The number of rotatable bonds is 5. The zero-order valence-corrected chi connectivity index (χ0v) is 23.4. The van der Waals surface area contributed by atoms with E-state index >= 15 is 0 Å². The van der Waals surface area contributed by atoms with Crippen molar-refractivity contribution >= 4 is 23.2 Å². The molecule has 0 aliphatic heterocycles. The molecular formula is C26H37Cl2NO2Zr. The number of phenols is 1. The summed E-state index contributed by atoms with van der Waals surface area (Å²) >= 11 is -0.826. The SMILES string of the molecule is CC(C)Oc1cc(C=NC2CCCCC2)c(O)c(C23CC4CC(CC(C4)C2)C3)c1.[Cl][Zr][Cl]. The fourth-order valence-electron chi connectivity index (χ4n) is 7.33. The Kier molecular flexibility index (Phi) is 8.71. The van der Waals surface area contributed by atoms with E-state index in [0.29, 0.717) is 11.8 Å². The Balaban J connectivity index is 0.000000775. The van der Waals surface area contributed by atoms with Crippen molar-refractivity contribution in [1.29, 1.82) is 0 Å². The molecule has 0 amide bonds. The first kappa shape index (κ1) is 25.1. The van der Waals surface area contributed by atoms with E-state index < -0.39 is 20.8 Å². The number of aromatic hydroxyl groups is 1. The van der Waals surface area contributed by atoms with Gasteiger partial charge in [-0.25, -0.2) is 0 Å². The van der Waals surface area contributed by atoms with Crippen molar-refractivity contribution < 1.29 is 30.7 Å². The van der Waals surface area contributed by atoms with Gasteiger partial charge in [0.05, 0.1) is 6.10 Å². The zero-order valence-electron chi connectivity index (χ0n) is 19.5. The summed E-state index contributed by atoms with van der Waals surface area (Å²) in [6.07, 6.45) is 16.3. The number of halogens is 2. The fourth-order valence-corrected chi connectivity index (χ4v) is 7.33. The molecule has 176 valence electrons. The van der Waals surface area contributed by atoms with Crippen LogP contribution >= 0.6 is 17.0 Å². The molecule has 0 heterocycles. The first-order chi connectivity index (χ1) is 15.4. The average Bonchev–Trinajstić information content (AvgIpc) is 2.74. The van der Waals surface area contributed by atoms with Crippen LogP contribution in [-0.4, -0.2) is 23.5 Å². The van der Waals surface area contributed by atoms with Gasteiger partial charge in [0.15, 0.2) is 0 Å². The summed E-state index contributed by atoms with van der Waals surface area (Å²) in [6.45, 7) is 4.15. The van der Waals surface area contributed by atoms with E-state index in [9.17, 15) is 5.11 Å². The van der Waals surface area contributed by atoms with Crippen molar-refractivity contribution in [2.75, 3.05) is 0 Å². The van der Waals surface area contributed by atoms with Gasteiger partial charge >= 0.3 is 37.9 Å². The normalized spacial score (nSPS) is 31.6. The third-order valence-corrected chi connectivity index (χ3v) is 8.09. The number of aliphatic imine (C=N–C) groups is 1. The Morgan fingerprint density at radius 3 is 2.12 bits per heavy atom. The number of nitrogens with zero attached hydrogens (tertiary/aromatic N) is 1. The zero-order chi connectivity index (χ0) is 22.7. The summed E-state index contributed by atoms with van der Waals surface area (Å²) in [5.74, 6) is 3.94. The van der Waals surface area contributed by atoms with Gasteiger partial charge in [0, 0.05) is 23.4 Å². The minimum absolute atomic E-state index is 0.131. The van der Waals surface area contributed by atoms with Gasteiger partial charge in [-0.2, -0.15) is 0 Å². The summed E-state index contributed by atoms with van der Waals surface area (Å²) in [5, 5.41) is 11.4. The Morgan fingerprint density at radius 1 is 1.03 bits per heavy atom. The maximum absolute atomic E-state index is 11.4. The monoisotopic (exact) mass is 555 g/mol. The van der Waals surface area contributed by atoms with Crippen molar-refractivity contribution in [2.45, 2.75) is 102 Å². The molecule has 0 aromatic heterocycles. The van der Waals surface area contributed by atoms with Gasteiger partial charge in [0.1, 0.15) is 11.5 Å². The second-order valence-electron chi connectivity index (χ2n) is 10.9. The van der Waals surface area contributed by atoms with E-state index in [0.717, 1.165) is 34.6 Å². The van der Waals surface area contributed by atoms with Crippen LogP contribution in [0, 0.1) is 17.8 Å². The van der Waals surface area contributed by atoms with E-state index in [1.54, 1.807) is 0 Å². The summed E-state index contributed by atoms with van der Waals surface area (Å²) in [4.78, 5) is 4.88. The van der Waals surface area contributed by atoms with Crippen LogP contribution in [0.4, 0.5) is 0 Å². The van der Waals surface area contributed by atoms with Gasteiger partial charge < -0.3 is 9.84 Å². The van der Waals surface area contributed by atoms with Gasteiger partial charge in [-0.3, -0.25) is 4.99 Å². The van der Waals surface area contributed by atoms with Gasteiger partial charge in [-0.05, 0) is 101 Å². The Hall–Kier alpha value is -0.0469. The van der Waals surface area contributed by atoms with Crippen LogP contribution in [0.2, 0.25) is 0 Å². The van der Waals surface area contributed by atoms with Crippen LogP contribution in [0.3, 0.4) is 0 Å². The topological polar surface area (TPSA) is 41.8 Å². The first-order valence-corrected chi connectivity index (χ1v) is 18.8. The summed E-state index contributed by atoms with van der Waals surface area (Å²) in [7, 11) is 9.87. The van der Waals surface area contributed by atoms with Crippen LogP contribution in [0.5, 0.6) is 11.5 Å². The van der Waals surface area contributed by atoms with Gasteiger partial charge in [0.25, 0.3) is 0 Å². The Labute approximate surface area is 212 Å². The molecule has 0 saturated heterocycles. The van der Waals surface area contributed by atoms with Gasteiger partial charge in [-0.1, -0.05) is 19.3 Å². The number of benzene rings is 1. The molecular weight excluding hydrogens is 520 g/mol. The van der Waals surface area contributed by atoms with Crippen LogP contribution in [0.1, 0.15) is 95.6 Å². The standard InChI is InChI=1S/C26H37NO2.2ClH.Zr/c1-17(2)29-23-11-21(16-27-22-6-4-3-5-7-22)25(28)24(12-23)26-13-18-8-19(14-26)10-20(9-18)15-26;;;/h11-12,16-20,22,28H,3-10,13-15H2,1-2H3;2*1H;/q;;;+2/p-2. The molecule has 5 aliphatic rings. The van der Waals surface area contributed by atoms with Crippen molar-refractivity contribution in [1.82, 2.24) is 0 Å². The molecule has 0 radical (unpaired) electrons. The van der Waals surface area contributed by atoms with Gasteiger partial charge in [-0.15, -0.1) is 0 Å². The predicted octanol–water partition coefficient (Wildman–Crippen LogP) is 7.78. The summed E-state index contributed by atoms with van der Waals surface area (Å²) in [6, 6.07) is 4.59. The van der Waals surface area contributed by atoms with Crippen molar-refractivity contribution in [3.63, 3.8) is 0 Å². The van der Waals surface area contributed by atoms with Crippen molar-refractivity contribution in [3.8, 4) is 11.5 Å². The number of ether oxygens (including phenoxy) is 1. The molecule has 0 spiro atoms. The third kappa shape index (κ3) is 5.77. The minimum atomic E-state index is -0.826. The molecule has 5 aliphatic carbocycles. The Morgan fingerprint density at radius 2 is 1.59 bits per heavy atom. The molecule has 1 aromatic carbocycles. The van der Waals surface area contributed by atoms with Gasteiger partial charge in [0.2, 0.25) is 0 Å². The van der Waals surface area contributed by atoms with Crippen LogP contribution in [0.15, 0.2) is 17.1 Å². The van der Waals surface area contributed by atoms with Crippen LogP contribution in [0.25, 0.3) is 0 Å². The molecule has 1 N–H and O–H groups in total. The molecule has 4 bridgehead atoms. The van der Waals surface area contributed by atoms with E-state index in [2.05, 4.69) is 19.9 Å². The molecule has 6 rings (SSSR count). The number of phenolic OH excluding ortho intramolecular Hbond substituents is 1. The maximum atomic E-state index is 11.4. The van der Waals surface area contributed by atoms with E-state index in [1.807, 2.05) is 12.3 Å². The van der Waals surface area contributed by atoms with Crippen molar-refractivity contribution in [3.05, 3.63) is 23.3 Å². The molecule has 1 aromatic rings. The summed E-state index contributed by atoms with van der Waals surface area (Å²) in [5.41, 5.74) is 2.17. The van der Waals surface area contributed by atoms with E-state index in [4.69, 9.17) is 26.8 Å². The van der Waals surface area contributed by atoms with Crippen LogP contribution < -0.4 is 4.74 Å². The third-order valence-electron chi connectivity index (χ3n) is 8.09. The quantitative estimate of drug-likeness (QED) is 0.376. The van der Waals surface area contributed by atoms with E-state index in [1.165, 1.54) is 70.6 Å². The number of hydrogen-bond acceptors (Lipinski definition) is 3. The fraction of sp³-hybridized carbons (Fsp3) is 0.731. The molecule has 5 fully saturated rings. The molecule has 3 nitrogen and oxygen atoms in total. The second-order valence-corrected chi connectivity index (χ2v) is 14.6. The average molecular weight is 558 g/mol. The molecule has 0 atom stereocenters. The molecule has 5 saturated carbocycles. The molecule has 6 heteroatoms. The molecule has 32 heavy (non-hydrogen) atoms. The Bertz CT molecular complexity index is 772. The van der Waals surface area contributed by atoms with E-state index in [-0.39, 0.29) is 11.5 Å². The first-order valence-electron chi connectivity index (χ1n) is 12.5. The van der Waals surface area contributed by atoms with Crippen molar-refractivity contribution in [2.24, 2.45) is 22.7 Å².